The summed E-state index contributed by atoms with van der Waals surface area (Å²) in [7, 11) is 0. The van der Waals surface area contributed by atoms with E-state index >= 15 is 0 Å². The van der Waals surface area contributed by atoms with E-state index in [1.165, 1.54) is 43.6 Å². The number of thioether (sulfide) groups is 2. The monoisotopic (exact) mass is 288 g/mol. The van der Waals surface area contributed by atoms with Crippen molar-refractivity contribution in [2.45, 2.75) is 49.4 Å². The molecule has 3 aliphatic rings. The first kappa shape index (κ1) is 13.6. The first-order valence-electron chi connectivity index (χ1n) is 7.40. The molecule has 4 heteroatoms. The second-order valence-corrected chi connectivity index (χ2v) is 8.40. The van der Waals surface area contributed by atoms with Gasteiger partial charge in [-0.15, -0.1) is 23.5 Å². The van der Waals surface area contributed by atoms with E-state index < -0.39 is 0 Å². The molecule has 1 aliphatic carbocycles. The first-order valence-corrected chi connectivity index (χ1v) is 9.49. The number of hydrogen-bond donors (Lipinski definition) is 0. The smallest absolute Gasteiger partial charge is 0.160 e. The molecule has 0 unspecified atom stereocenters. The van der Waals surface area contributed by atoms with Crippen molar-refractivity contribution in [1.82, 2.24) is 0 Å². The maximum absolute atomic E-state index is 5.77. The number of ether oxygens (including phenoxy) is 2. The summed E-state index contributed by atoms with van der Waals surface area (Å²) in [6.45, 7) is 1.80. The van der Waals surface area contributed by atoms with Crippen molar-refractivity contribution in [2.75, 3.05) is 24.7 Å². The summed E-state index contributed by atoms with van der Waals surface area (Å²) in [6.07, 6.45) is 8.00. The van der Waals surface area contributed by atoms with Gasteiger partial charge in [0, 0.05) is 5.92 Å². The summed E-state index contributed by atoms with van der Waals surface area (Å²) in [5.41, 5.74) is 0. The van der Waals surface area contributed by atoms with E-state index in [0.717, 1.165) is 30.1 Å². The van der Waals surface area contributed by atoms with Crippen LogP contribution in [-0.2, 0) is 9.47 Å². The van der Waals surface area contributed by atoms with Crippen LogP contribution in [0.25, 0.3) is 0 Å². The normalized spacial score (nSPS) is 36.7. The summed E-state index contributed by atoms with van der Waals surface area (Å²) in [5.74, 6) is 4.37. The predicted octanol–water partition coefficient (Wildman–Crippen LogP) is 3.75. The molecule has 104 valence electrons. The Kier molecular flexibility index (Phi) is 5.19. The predicted molar refractivity (Wildman–Crippen MR) is 79.1 cm³/mol. The fraction of sp³-hybridized carbons (Fsp3) is 1.00. The molecule has 18 heavy (non-hydrogen) atoms. The van der Waals surface area contributed by atoms with Gasteiger partial charge in [0.05, 0.1) is 17.8 Å². The standard InChI is InChI=1S/C14H24O2S2/c1-7-15-13(16-8-1)11-3-5-12(6-4-11)14-17-9-2-10-18-14/h11-14H,1-10H2. The Balaban J connectivity index is 1.45. The van der Waals surface area contributed by atoms with Gasteiger partial charge in [0.1, 0.15) is 0 Å². The third-order valence-corrected chi connectivity index (χ3v) is 7.58. The molecule has 2 heterocycles. The molecule has 2 nitrogen and oxygen atoms in total. The highest BCUT2D eigenvalue weighted by Crippen LogP contribution is 2.44. The second-order valence-electron chi connectivity index (χ2n) is 5.60. The molecule has 0 atom stereocenters. The Morgan fingerprint density at radius 3 is 2.00 bits per heavy atom. The van der Waals surface area contributed by atoms with Crippen molar-refractivity contribution in [1.29, 1.82) is 0 Å². The molecule has 2 saturated heterocycles. The van der Waals surface area contributed by atoms with E-state index in [-0.39, 0.29) is 6.29 Å². The third kappa shape index (κ3) is 3.38. The van der Waals surface area contributed by atoms with Gasteiger partial charge in [0.25, 0.3) is 0 Å². The van der Waals surface area contributed by atoms with E-state index in [2.05, 4.69) is 23.5 Å². The summed E-state index contributed by atoms with van der Waals surface area (Å²) in [4.78, 5) is 0. The molecule has 0 radical (unpaired) electrons. The Morgan fingerprint density at radius 2 is 1.33 bits per heavy atom. The molecule has 0 amide bonds. The molecule has 3 rings (SSSR count). The molecule has 0 N–H and O–H groups in total. The summed E-state index contributed by atoms with van der Waals surface area (Å²) in [5, 5.41) is 0. The first-order chi connectivity index (χ1) is 8.93. The topological polar surface area (TPSA) is 18.5 Å². The van der Waals surface area contributed by atoms with Gasteiger partial charge < -0.3 is 9.47 Å². The minimum Gasteiger partial charge on any atom is -0.352 e. The minimum absolute atomic E-state index is 0.117. The SMILES string of the molecule is C1COC(C2CCC(C3SCCCS3)CC2)OC1. The molecule has 3 fully saturated rings. The fourth-order valence-electron chi connectivity index (χ4n) is 3.25. The molecule has 0 aromatic rings. The highest BCUT2D eigenvalue weighted by atomic mass is 32.2. The van der Waals surface area contributed by atoms with Crippen LogP contribution in [0.3, 0.4) is 0 Å². The fourth-order valence-corrected chi connectivity index (χ4v) is 6.57. The lowest BCUT2D eigenvalue weighted by atomic mass is 9.82. The molecule has 0 aromatic carbocycles. The van der Waals surface area contributed by atoms with Gasteiger partial charge in [-0.3, -0.25) is 0 Å². The highest BCUT2D eigenvalue weighted by molar-refractivity contribution is 8.17. The van der Waals surface area contributed by atoms with Crippen LogP contribution in [0.4, 0.5) is 0 Å². The lowest BCUT2D eigenvalue weighted by Crippen LogP contribution is -2.35. The van der Waals surface area contributed by atoms with Crippen molar-refractivity contribution in [3.8, 4) is 0 Å². The minimum atomic E-state index is 0.117. The molecule has 1 saturated carbocycles. The van der Waals surface area contributed by atoms with E-state index in [1.807, 2.05) is 0 Å². The van der Waals surface area contributed by atoms with E-state index in [9.17, 15) is 0 Å². The van der Waals surface area contributed by atoms with Crippen LogP contribution < -0.4 is 0 Å². The van der Waals surface area contributed by atoms with Gasteiger partial charge in [-0.2, -0.15) is 0 Å². The van der Waals surface area contributed by atoms with E-state index in [4.69, 9.17) is 9.47 Å². The molecule has 2 aliphatic heterocycles. The van der Waals surface area contributed by atoms with Crippen molar-refractivity contribution in [3.63, 3.8) is 0 Å². The summed E-state index contributed by atoms with van der Waals surface area (Å²) >= 11 is 4.41. The van der Waals surface area contributed by atoms with Gasteiger partial charge in [0.2, 0.25) is 0 Å². The van der Waals surface area contributed by atoms with Gasteiger partial charge in [0.15, 0.2) is 6.29 Å². The van der Waals surface area contributed by atoms with Gasteiger partial charge in [-0.1, -0.05) is 0 Å². The zero-order valence-electron chi connectivity index (χ0n) is 11.0. The zero-order chi connectivity index (χ0) is 12.2. The summed E-state index contributed by atoms with van der Waals surface area (Å²) in [6, 6.07) is 0. The van der Waals surface area contributed by atoms with Crippen LogP contribution in [0.2, 0.25) is 0 Å². The number of hydrogen-bond acceptors (Lipinski definition) is 4. The molecular formula is C14H24O2S2. The largest absolute Gasteiger partial charge is 0.352 e. The quantitative estimate of drug-likeness (QED) is 0.770. The highest BCUT2D eigenvalue weighted by Gasteiger charge is 2.34. The summed E-state index contributed by atoms with van der Waals surface area (Å²) < 4.78 is 12.4. The Bertz CT molecular complexity index is 216. The second kappa shape index (κ2) is 6.87. The van der Waals surface area contributed by atoms with E-state index in [0.29, 0.717) is 5.92 Å². The Morgan fingerprint density at radius 1 is 0.722 bits per heavy atom. The van der Waals surface area contributed by atoms with Crippen molar-refractivity contribution < 1.29 is 9.47 Å². The molecule has 0 aromatic heterocycles. The van der Waals surface area contributed by atoms with E-state index in [1.54, 1.807) is 0 Å². The average Bonchev–Trinajstić information content (AvgIpc) is 2.49. The molecular weight excluding hydrogens is 264 g/mol. The van der Waals surface area contributed by atoms with Gasteiger partial charge >= 0.3 is 0 Å². The lowest BCUT2D eigenvalue weighted by molar-refractivity contribution is -0.210. The van der Waals surface area contributed by atoms with Crippen molar-refractivity contribution >= 4 is 23.5 Å². The Hall–Kier alpha value is 0.620. The Labute approximate surface area is 119 Å². The zero-order valence-corrected chi connectivity index (χ0v) is 12.6. The van der Waals surface area contributed by atoms with Crippen LogP contribution in [-0.4, -0.2) is 35.6 Å². The van der Waals surface area contributed by atoms with Gasteiger partial charge in [-0.25, -0.2) is 0 Å². The maximum atomic E-state index is 5.77. The number of rotatable bonds is 2. The van der Waals surface area contributed by atoms with Crippen LogP contribution in [0.1, 0.15) is 38.5 Å². The van der Waals surface area contributed by atoms with Crippen LogP contribution in [0.15, 0.2) is 0 Å². The molecule has 0 spiro atoms. The average molecular weight is 288 g/mol. The molecule has 0 bridgehead atoms. The van der Waals surface area contributed by atoms with Gasteiger partial charge in [-0.05, 0) is 55.9 Å². The maximum Gasteiger partial charge on any atom is 0.160 e. The van der Waals surface area contributed by atoms with Crippen LogP contribution in [0.5, 0.6) is 0 Å². The van der Waals surface area contributed by atoms with Crippen LogP contribution >= 0.6 is 23.5 Å². The van der Waals surface area contributed by atoms with Crippen molar-refractivity contribution in [2.24, 2.45) is 11.8 Å². The third-order valence-electron chi connectivity index (χ3n) is 4.29. The lowest BCUT2D eigenvalue weighted by Gasteiger charge is -2.38. The van der Waals surface area contributed by atoms with Crippen molar-refractivity contribution in [3.05, 3.63) is 0 Å². The van der Waals surface area contributed by atoms with Crippen LogP contribution in [0, 0.1) is 11.8 Å².